The molecule has 1 unspecified atom stereocenters. The molecule has 0 bridgehead atoms. The summed E-state index contributed by atoms with van der Waals surface area (Å²) in [6, 6.07) is 0.623. The van der Waals surface area contributed by atoms with Crippen LogP contribution >= 0.6 is 0 Å². The highest BCUT2D eigenvalue weighted by atomic mass is 15.3. The van der Waals surface area contributed by atoms with Crippen LogP contribution in [-0.4, -0.2) is 55.1 Å². The lowest BCUT2D eigenvalue weighted by atomic mass is 10.1. The summed E-state index contributed by atoms with van der Waals surface area (Å²) < 4.78 is 0. The molecule has 1 fully saturated rings. The van der Waals surface area contributed by atoms with Crippen molar-refractivity contribution < 1.29 is 0 Å². The largest absolute Gasteiger partial charge is 0.329 e. The Morgan fingerprint density at radius 1 is 1.06 bits per heavy atom. The third-order valence-corrected chi connectivity index (χ3v) is 3.96. The lowest BCUT2D eigenvalue weighted by Crippen LogP contribution is -2.52. The second kappa shape index (κ2) is 8.89. The summed E-state index contributed by atoms with van der Waals surface area (Å²) in [5.41, 5.74) is 5.95. The molecule has 1 aliphatic heterocycles. The highest BCUT2D eigenvalue weighted by Gasteiger charge is 2.22. The minimum Gasteiger partial charge on any atom is -0.329 e. The Kier molecular flexibility index (Phi) is 7.87. The van der Waals surface area contributed by atoms with Crippen molar-refractivity contribution >= 4 is 0 Å². The Labute approximate surface area is 114 Å². The van der Waals surface area contributed by atoms with E-state index >= 15 is 0 Å². The molecule has 108 valence electrons. The van der Waals surface area contributed by atoms with Crippen molar-refractivity contribution in [2.24, 2.45) is 11.7 Å². The van der Waals surface area contributed by atoms with Gasteiger partial charge in [0.1, 0.15) is 0 Å². The lowest BCUT2D eigenvalue weighted by molar-refractivity contribution is 0.0870. The molecule has 1 aliphatic rings. The fraction of sp³-hybridized carbons (Fsp3) is 1.00. The molecule has 0 radical (unpaired) electrons. The van der Waals surface area contributed by atoms with Crippen LogP contribution in [0.15, 0.2) is 0 Å². The van der Waals surface area contributed by atoms with Crippen LogP contribution in [0.5, 0.6) is 0 Å². The first kappa shape index (κ1) is 15.9. The summed E-state index contributed by atoms with van der Waals surface area (Å²) in [7, 11) is 0. The molecule has 0 amide bonds. The second-order valence-corrected chi connectivity index (χ2v) is 6.12. The van der Waals surface area contributed by atoms with Gasteiger partial charge in [-0.05, 0) is 12.3 Å². The molecule has 0 aliphatic carbocycles. The Morgan fingerprint density at radius 2 is 1.72 bits per heavy atom. The van der Waals surface area contributed by atoms with E-state index in [1.807, 2.05) is 0 Å². The van der Waals surface area contributed by atoms with Crippen molar-refractivity contribution in [2.45, 2.75) is 52.5 Å². The average molecular weight is 255 g/mol. The van der Waals surface area contributed by atoms with E-state index in [1.54, 1.807) is 0 Å². The minimum atomic E-state index is 0.623. The minimum absolute atomic E-state index is 0.623. The van der Waals surface area contributed by atoms with Gasteiger partial charge in [-0.25, -0.2) is 0 Å². The first-order chi connectivity index (χ1) is 8.67. The van der Waals surface area contributed by atoms with Gasteiger partial charge in [-0.3, -0.25) is 4.90 Å². The molecular weight excluding hydrogens is 222 g/mol. The van der Waals surface area contributed by atoms with Crippen molar-refractivity contribution in [1.82, 2.24) is 9.80 Å². The Balaban J connectivity index is 2.26. The number of nitrogens with two attached hydrogens (primary N) is 1. The standard InChI is InChI=1S/C15H33N3/c1-4-5-6-7-15(12-16)18-10-8-17(9-11-18)13-14(2)3/h14-15H,4-13,16H2,1-3H3. The van der Waals surface area contributed by atoms with Crippen molar-refractivity contribution in [3.63, 3.8) is 0 Å². The fourth-order valence-electron chi connectivity index (χ4n) is 2.91. The number of hydrogen-bond acceptors (Lipinski definition) is 3. The van der Waals surface area contributed by atoms with Gasteiger partial charge in [0.2, 0.25) is 0 Å². The summed E-state index contributed by atoms with van der Waals surface area (Å²) in [6.45, 7) is 13.8. The third kappa shape index (κ3) is 5.68. The first-order valence-electron chi connectivity index (χ1n) is 7.83. The third-order valence-electron chi connectivity index (χ3n) is 3.96. The Bertz CT molecular complexity index is 198. The summed E-state index contributed by atoms with van der Waals surface area (Å²) >= 11 is 0. The fourth-order valence-corrected chi connectivity index (χ4v) is 2.91. The van der Waals surface area contributed by atoms with Crippen LogP contribution in [0.2, 0.25) is 0 Å². The molecule has 0 aromatic carbocycles. The van der Waals surface area contributed by atoms with Crippen LogP contribution in [0.1, 0.15) is 46.5 Å². The molecule has 2 N–H and O–H groups in total. The molecule has 1 rings (SSSR count). The normalized spacial score (nSPS) is 20.5. The van der Waals surface area contributed by atoms with Crippen LogP contribution in [0.3, 0.4) is 0 Å². The summed E-state index contributed by atoms with van der Waals surface area (Å²) in [6.07, 6.45) is 5.28. The van der Waals surface area contributed by atoms with E-state index in [0.717, 1.165) is 12.5 Å². The smallest absolute Gasteiger partial charge is 0.0219 e. The average Bonchev–Trinajstić information content (AvgIpc) is 2.35. The predicted octanol–water partition coefficient (Wildman–Crippen LogP) is 2.17. The van der Waals surface area contributed by atoms with Gasteiger partial charge < -0.3 is 10.6 Å². The SMILES string of the molecule is CCCCCC(CN)N1CCN(CC(C)C)CC1. The van der Waals surface area contributed by atoms with Gasteiger partial charge in [-0.15, -0.1) is 0 Å². The monoisotopic (exact) mass is 255 g/mol. The van der Waals surface area contributed by atoms with E-state index in [4.69, 9.17) is 5.73 Å². The highest BCUT2D eigenvalue weighted by Crippen LogP contribution is 2.13. The molecule has 0 aromatic rings. The van der Waals surface area contributed by atoms with Crippen LogP contribution in [0, 0.1) is 5.92 Å². The highest BCUT2D eigenvalue weighted by molar-refractivity contribution is 4.79. The molecule has 3 nitrogen and oxygen atoms in total. The number of nitrogens with zero attached hydrogens (tertiary/aromatic N) is 2. The van der Waals surface area contributed by atoms with Gasteiger partial charge in [0.15, 0.2) is 0 Å². The van der Waals surface area contributed by atoms with Crippen molar-refractivity contribution in [3.05, 3.63) is 0 Å². The van der Waals surface area contributed by atoms with Gasteiger partial charge in [0.25, 0.3) is 0 Å². The first-order valence-corrected chi connectivity index (χ1v) is 7.83. The zero-order valence-electron chi connectivity index (χ0n) is 12.7. The molecule has 0 aromatic heterocycles. The van der Waals surface area contributed by atoms with Gasteiger partial charge in [-0.2, -0.15) is 0 Å². The van der Waals surface area contributed by atoms with Gasteiger partial charge in [0.05, 0.1) is 0 Å². The Morgan fingerprint density at radius 3 is 2.22 bits per heavy atom. The van der Waals surface area contributed by atoms with Crippen molar-refractivity contribution in [3.8, 4) is 0 Å². The molecule has 3 heteroatoms. The number of unbranched alkanes of at least 4 members (excludes halogenated alkanes) is 2. The second-order valence-electron chi connectivity index (χ2n) is 6.12. The number of piperazine rings is 1. The topological polar surface area (TPSA) is 32.5 Å². The predicted molar refractivity (Wildman–Crippen MR) is 79.8 cm³/mol. The van der Waals surface area contributed by atoms with E-state index < -0.39 is 0 Å². The number of hydrogen-bond donors (Lipinski definition) is 1. The maximum Gasteiger partial charge on any atom is 0.0219 e. The van der Waals surface area contributed by atoms with Gasteiger partial charge in [0, 0.05) is 45.3 Å². The quantitative estimate of drug-likeness (QED) is 0.675. The van der Waals surface area contributed by atoms with Crippen LogP contribution < -0.4 is 5.73 Å². The maximum absolute atomic E-state index is 5.95. The van der Waals surface area contributed by atoms with Crippen LogP contribution in [0.25, 0.3) is 0 Å². The van der Waals surface area contributed by atoms with Crippen molar-refractivity contribution in [1.29, 1.82) is 0 Å². The summed E-state index contributed by atoms with van der Waals surface area (Å²) in [4.78, 5) is 5.22. The van der Waals surface area contributed by atoms with E-state index in [1.165, 1.54) is 58.4 Å². The zero-order chi connectivity index (χ0) is 13.4. The molecule has 0 spiro atoms. The molecule has 1 saturated heterocycles. The lowest BCUT2D eigenvalue weighted by Gasteiger charge is -2.39. The molecule has 18 heavy (non-hydrogen) atoms. The summed E-state index contributed by atoms with van der Waals surface area (Å²) in [5, 5.41) is 0. The maximum atomic E-state index is 5.95. The van der Waals surface area contributed by atoms with E-state index in [-0.39, 0.29) is 0 Å². The molecule has 0 saturated carbocycles. The molecular formula is C15H33N3. The molecule has 1 atom stereocenters. The van der Waals surface area contributed by atoms with Gasteiger partial charge >= 0.3 is 0 Å². The zero-order valence-corrected chi connectivity index (χ0v) is 12.7. The number of rotatable bonds is 8. The van der Waals surface area contributed by atoms with E-state index in [0.29, 0.717) is 6.04 Å². The Hall–Kier alpha value is -0.120. The van der Waals surface area contributed by atoms with Crippen LogP contribution in [0.4, 0.5) is 0 Å². The molecule has 1 heterocycles. The summed E-state index contributed by atoms with van der Waals surface area (Å²) in [5.74, 6) is 0.784. The van der Waals surface area contributed by atoms with E-state index in [2.05, 4.69) is 30.6 Å². The van der Waals surface area contributed by atoms with Crippen LogP contribution in [-0.2, 0) is 0 Å². The van der Waals surface area contributed by atoms with Gasteiger partial charge in [-0.1, -0.05) is 40.0 Å². The van der Waals surface area contributed by atoms with E-state index in [9.17, 15) is 0 Å². The van der Waals surface area contributed by atoms with Crippen molar-refractivity contribution in [2.75, 3.05) is 39.3 Å².